The van der Waals surface area contributed by atoms with E-state index in [-0.39, 0.29) is 12.5 Å². The molecule has 6 nitrogen and oxygen atoms in total. The second-order valence-corrected chi connectivity index (χ2v) is 6.35. The maximum absolute atomic E-state index is 12.2. The highest BCUT2D eigenvalue weighted by Crippen LogP contribution is 2.34. The molecule has 0 unspecified atom stereocenters. The van der Waals surface area contributed by atoms with Crippen LogP contribution in [0.2, 0.25) is 0 Å². The van der Waals surface area contributed by atoms with E-state index >= 15 is 0 Å². The summed E-state index contributed by atoms with van der Waals surface area (Å²) in [6, 6.07) is 11.8. The molecule has 0 aliphatic carbocycles. The zero-order valence-corrected chi connectivity index (χ0v) is 11.9. The number of nitrogens with one attached hydrogen (secondary N) is 1. The van der Waals surface area contributed by atoms with Crippen molar-refractivity contribution in [2.24, 2.45) is 0 Å². The Labute approximate surface area is 122 Å². The molecule has 0 saturated heterocycles. The molecular formula is C14H14N2O4S. The van der Waals surface area contributed by atoms with Gasteiger partial charge in [-0.15, -0.1) is 0 Å². The van der Waals surface area contributed by atoms with Crippen molar-refractivity contribution in [2.45, 2.75) is 5.75 Å². The predicted octanol–water partition coefficient (Wildman–Crippen LogP) is 1.94. The van der Waals surface area contributed by atoms with E-state index in [1.807, 2.05) is 0 Å². The molecule has 21 heavy (non-hydrogen) atoms. The molecule has 0 saturated carbocycles. The van der Waals surface area contributed by atoms with Gasteiger partial charge in [0.1, 0.15) is 0 Å². The quantitative estimate of drug-likeness (QED) is 0.842. The zero-order valence-electron chi connectivity index (χ0n) is 11.1. The average molecular weight is 306 g/mol. The summed E-state index contributed by atoms with van der Waals surface area (Å²) in [6.07, 6.45) is 0. The fraction of sp³-hybridized carbons (Fsp3) is 0.143. The molecule has 0 spiro atoms. The van der Waals surface area contributed by atoms with Crippen LogP contribution in [0.25, 0.3) is 0 Å². The summed E-state index contributed by atoms with van der Waals surface area (Å²) in [5.74, 6) is 0.938. The molecule has 3 rings (SSSR count). The normalized spacial score (nSPS) is 13.1. The lowest BCUT2D eigenvalue weighted by Gasteiger charge is -2.10. The molecule has 1 heterocycles. The van der Waals surface area contributed by atoms with E-state index in [1.165, 1.54) is 0 Å². The number of nitrogens with two attached hydrogens (primary N) is 1. The Balaban J connectivity index is 1.79. The molecule has 1 aliphatic rings. The fourth-order valence-corrected chi connectivity index (χ4v) is 3.28. The Morgan fingerprint density at radius 3 is 2.67 bits per heavy atom. The molecule has 0 bridgehead atoms. The van der Waals surface area contributed by atoms with Gasteiger partial charge in [-0.2, -0.15) is 0 Å². The molecule has 110 valence electrons. The monoisotopic (exact) mass is 306 g/mol. The van der Waals surface area contributed by atoms with E-state index in [1.54, 1.807) is 42.5 Å². The number of ether oxygens (including phenoxy) is 2. The van der Waals surface area contributed by atoms with Gasteiger partial charge in [0.2, 0.25) is 16.8 Å². The molecule has 3 N–H and O–H groups in total. The van der Waals surface area contributed by atoms with E-state index in [9.17, 15) is 8.42 Å². The molecular weight excluding hydrogens is 292 g/mol. The number of rotatable bonds is 4. The highest BCUT2D eigenvalue weighted by molar-refractivity contribution is 7.91. The van der Waals surface area contributed by atoms with Crippen LogP contribution >= 0.6 is 0 Å². The summed E-state index contributed by atoms with van der Waals surface area (Å²) in [7, 11) is -3.55. The van der Waals surface area contributed by atoms with Crippen molar-refractivity contribution in [1.82, 2.24) is 0 Å². The molecule has 2 aromatic rings. The first-order chi connectivity index (χ1) is 10.0. The summed E-state index contributed by atoms with van der Waals surface area (Å²) in [6.45, 7) is 0.145. The second kappa shape index (κ2) is 5.17. The van der Waals surface area contributed by atoms with Gasteiger partial charge in [-0.25, -0.2) is 8.42 Å². The van der Waals surface area contributed by atoms with Gasteiger partial charge in [-0.1, -0.05) is 18.2 Å². The van der Waals surface area contributed by atoms with Crippen LogP contribution in [-0.2, 0) is 15.8 Å². The van der Waals surface area contributed by atoms with Gasteiger partial charge in [-0.05, 0) is 23.8 Å². The van der Waals surface area contributed by atoms with E-state index in [0.717, 1.165) is 0 Å². The Bertz CT molecular complexity index is 774. The lowest BCUT2D eigenvalue weighted by molar-refractivity contribution is 0.174. The number of hydrogen-bond acceptors (Lipinski definition) is 5. The van der Waals surface area contributed by atoms with Gasteiger partial charge in [0, 0.05) is 11.8 Å². The van der Waals surface area contributed by atoms with Crippen molar-refractivity contribution in [2.75, 3.05) is 17.2 Å². The number of benzene rings is 2. The van der Waals surface area contributed by atoms with Gasteiger partial charge < -0.3 is 15.2 Å². The topological polar surface area (TPSA) is 90.7 Å². The van der Waals surface area contributed by atoms with Crippen molar-refractivity contribution in [1.29, 1.82) is 0 Å². The van der Waals surface area contributed by atoms with Crippen LogP contribution in [0.3, 0.4) is 0 Å². The third-order valence-corrected chi connectivity index (χ3v) is 4.28. The predicted molar refractivity (Wildman–Crippen MR) is 79.7 cm³/mol. The highest BCUT2D eigenvalue weighted by Gasteiger charge is 2.17. The van der Waals surface area contributed by atoms with Crippen molar-refractivity contribution in [3.63, 3.8) is 0 Å². The summed E-state index contributed by atoms with van der Waals surface area (Å²) in [4.78, 5) is 0. The van der Waals surface area contributed by atoms with Crippen molar-refractivity contribution in [3.8, 4) is 11.5 Å². The molecule has 2 aromatic carbocycles. The number of para-hydroxylation sites is 1. The molecule has 0 aromatic heterocycles. The Hall–Kier alpha value is -2.41. The minimum Gasteiger partial charge on any atom is -0.454 e. The van der Waals surface area contributed by atoms with Crippen LogP contribution in [0.15, 0.2) is 42.5 Å². The lowest BCUT2D eigenvalue weighted by Crippen LogP contribution is -2.15. The van der Waals surface area contributed by atoms with Gasteiger partial charge in [0.15, 0.2) is 11.5 Å². The first-order valence-corrected chi connectivity index (χ1v) is 7.92. The number of nitrogen functional groups attached to an aromatic ring is 1. The lowest BCUT2D eigenvalue weighted by atomic mass is 10.2. The van der Waals surface area contributed by atoms with E-state index in [4.69, 9.17) is 15.2 Å². The van der Waals surface area contributed by atoms with Crippen LogP contribution in [0.1, 0.15) is 5.56 Å². The van der Waals surface area contributed by atoms with Crippen molar-refractivity contribution >= 4 is 21.4 Å². The first kappa shape index (κ1) is 13.6. The molecule has 0 atom stereocenters. The van der Waals surface area contributed by atoms with Gasteiger partial charge >= 0.3 is 0 Å². The smallest absolute Gasteiger partial charge is 0.236 e. The molecule has 0 radical (unpaired) electrons. The minimum absolute atomic E-state index is 0.145. The van der Waals surface area contributed by atoms with Crippen LogP contribution in [0, 0.1) is 0 Å². The first-order valence-electron chi connectivity index (χ1n) is 6.27. The van der Waals surface area contributed by atoms with E-state index < -0.39 is 10.0 Å². The van der Waals surface area contributed by atoms with Crippen molar-refractivity contribution in [3.05, 3.63) is 48.0 Å². The summed E-state index contributed by atoms with van der Waals surface area (Å²) in [5.41, 5.74) is 7.20. The maximum atomic E-state index is 12.2. The molecule has 7 heteroatoms. The summed E-state index contributed by atoms with van der Waals surface area (Å²) in [5, 5.41) is 0. The number of sulfonamides is 1. The Kier molecular flexibility index (Phi) is 3.34. The SMILES string of the molecule is Nc1ccccc1CS(=O)(=O)Nc1ccc2c(c1)OCO2. The van der Waals surface area contributed by atoms with Crippen LogP contribution in [0.4, 0.5) is 11.4 Å². The Morgan fingerprint density at radius 2 is 1.86 bits per heavy atom. The van der Waals surface area contributed by atoms with Crippen LogP contribution < -0.4 is 19.9 Å². The number of anilines is 2. The second-order valence-electron chi connectivity index (χ2n) is 4.63. The number of fused-ring (bicyclic) bond motifs is 1. The van der Waals surface area contributed by atoms with Crippen LogP contribution in [-0.4, -0.2) is 15.2 Å². The van der Waals surface area contributed by atoms with E-state index in [0.29, 0.717) is 28.4 Å². The third-order valence-electron chi connectivity index (χ3n) is 3.05. The summed E-state index contributed by atoms with van der Waals surface area (Å²) >= 11 is 0. The zero-order chi connectivity index (χ0) is 14.9. The Morgan fingerprint density at radius 1 is 1.10 bits per heavy atom. The highest BCUT2D eigenvalue weighted by atomic mass is 32.2. The van der Waals surface area contributed by atoms with Crippen molar-refractivity contribution < 1.29 is 17.9 Å². The van der Waals surface area contributed by atoms with Gasteiger partial charge in [-0.3, -0.25) is 4.72 Å². The molecule has 0 amide bonds. The number of hydrogen-bond donors (Lipinski definition) is 2. The van der Waals surface area contributed by atoms with Gasteiger partial charge in [0.05, 0.1) is 11.4 Å². The fourth-order valence-electron chi connectivity index (χ4n) is 2.05. The standard InChI is InChI=1S/C14H14N2O4S/c15-12-4-2-1-3-10(12)8-21(17,18)16-11-5-6-13-14(7-11)20-9-19-13/h1-7,16H,8-9,15H2. The third kappa shape index (κ3) is 3.03. The maximum Gasteiger partial charge on any atom is 0.236 e. The van der Waals surface area contributed by atoms with E-state index in [2.05, 4.69) is 4.72 Å². The summed E-state index contributed by atoms with van der Waals surface area (Å²) < 4.78 is 37.3. The van der Waals surface area contributed by atoms with Gasteiger partial charge in [0.25, 0.3) is 0 Å². The van der Waals surface area contributed by atoms with Crippen LogP contribution in [0.5, 0.6) is 11.5 Å². The average Bonchev–Trinajstić information content (AvgIpc) is 2.88. The minimum atomic E-state index is -3.55. The molecule has 0 fully saturated rings. The largest absolute Gasteiger partial charge is 0.454 e. The molecule has 1 aliphatic heterocycles.